The summed E-state index contributed by atoms with van der Waals surface area (Å²) >= 11 is 1.79. The second-order valence-corrected chi connectivity index (χ2v) is 6.51. The number of carboxylic acid groups (broad SMARTS) is 1. The molecule has 0 radical (unpaired) electrons. The number of rotatable bonds is 8. The topological polar surface area (TPSA) is 92.4 Å². The highest BCUT2D eigenvalue weighted by Gasteiger charge is 2.07. The van der Waals surface area contributed by atoms with Gasteiger partial charge in [-0.1, -0.05) is 36.4 Å². The first-order valence-corrected chi connectivity index (χ1v) is 9.80. The number of hydrogen-bond acceptors (Lipinski definition) is 4. The lowest BCUT2D eigenvalue weighted by molar-refractivity contribution is -0.122. The third kappa shape index (κ3) is 7.72. The van der Waals surface area contributed by atoms with Gasteiger partial charge in [0.1, 0.15) is 0 Å². The molecule has 0 aliphatic carbocycles. The van der Waals surface area contributed by atoms with Crippen molar-refractivity contribution in [2.75, 3.05) is 25.1 Å². The summed E-state index contributed by atoms with van der Waals surface area (Å²) in [6.45, 7) is 1.11. The molecular formula is C20H26N2O3S. The van der Waals surface area contributed by atoms with E-state index in [-0.39, 0.29) is 12.4 Å². The Morgan fingerprint density at radius 1 is 1.19 bits per heavy atom. The Balaban J connectivity index is 0.00000105. The van der Waals surface area contributed by atoms with E-state index >= 15 is 0 Å². The molecule has 2 rings (SSSR count). The van der Waals surface area contributed by atoms with Crippen molar-refractivity contribution in [1.82, 2.24) is 5.32 Å². The molecule has 0 fully saturated rings. The minimum Gasteiger partial charge on any atom is -0.483 e. The van der Waals surface area contributed by atoms with Crippen LogP contribution in [0.2, 0.25) is 0 Å². The van der Waals surface area contributed by atoms with Crippen LogP contribution in [0.4, 0.5) is 0 Å². The van der Waals surface area contributed by atoms with Crippen molar-refractivity contribution in [1.29, 1.82) is 0 Å². The lowest BCUT2D eigenvalue weighted by Crippen LogP contribution is -2.24. The maximum absolute atomic E-state index is 12.2. The fourth-order valence-electron chi connectivity index (χ4n) is 2.43. The number of nitrogens with one attached hydrogen (secondary N) is 1. The van der Waals surface area contributed by atoms with Crippen LogP contribution in [0.15, 0.2) is 48.5 Å². The zero-order valence-corrected chi connectivity index (χ0v) is 15.8. The van der Waals surface area contributed by atoms with E-state index in [2.05, 4.69) is 29.8 Å². The highest BCUT2D eigenvalue weighted by molar-refractivity contribution is 7.98. The van der Waals surface area contributed by atoms with Gasteiger partial charge in [0.15, 0.2) is 0 Å². The van der Waals surface area contributed by atoms with E-state index < -0.39 is 0 Å². The van der Waals surface area contributed by atoms with Crippen LogP contribution < -0.4 is 11.1 Å². The molecule has 5 nitrogen and oxygen atoms in total. The Bertz CT molecular complexity index is 692. The Hall–Kier alpha value is -2.31. The molecular weight excluding hydrogens is 348 g/mol. The summed E-state index contributed by atoms with van der Waals surface area (Å²) in [4.78, 5) is 20.6. The predicted octanol–water partition coefficient (Wildman–Crippen LogP) is 3.04. The molecule has 0 heterocycles. The monoisotopic (exact) mass is 374 g/mol. The summed E-state index contributed by atoms with van der Waals surface area (Å²) in [7, 11) is 0. The third-order valence-corrected chi connectivity index (χ3v) is 4.33. The van der Waals surface area contributed by atoms with Crippen molar-refractivity contribution >= 4 is 24.1 Å². The minimum atomic E-state index is -0.250. The first-order chi connectivity index (χ1) is 12.7. The maximum atomic E-state index is 12.2. The van der Waals surface area contributed by atoms with Gasteiger partial charge in [-0.25, -0.2) is 0 Å². The SMILES string of the molecule is CSCCCNC(=O)c1cccc(-c2cccc(CCN)c2)c1.O=CO. The zero-order valence-electron chi connectivity index (χ0n) is 15.0. The molecule has 2 aromatic rings. The largest absolute Gasteiger partial charge is 0.483 e. The van der Waals surface area contributed by atoms with Crippen LogP contribution >= 0.6 is 11.8 Å². The highest BCUT2D eigenvalue weighted by Crippen LogP contribution is 2.22. The average molecular weight is 375 g/mol. The van der Waals surface area contributed by atoms with Crippen molar-refractivity contribution in [2.24, 2.45) is 5.73 Å². The fourth-order valence-corrected chi connectivity index (χ4v) is 2.87. The second kappa shape index (κ2) is 13.0. The van der Waals surface area contributed by atoms with Gasteiger partial charge in [-0.15, -0.1) is 0 Å². The summed E-state index contributed by atoms with van der Waals surface area (Å²) in [5.74, 6) is 1.06. The Morgan fingerprint density at radius 2 is 1.85 bits per heavy atom. The van der Waals surface area contributed by atoms with E-state index in [9.17, 15) is 4.79 Å². The number of carbonyl (C=O) groups excluding carboxylic acids is 1. The molecule has 4 N–H and O–H groups in total. The number of thioether (sulfide) groups is 1. The lowest BCUT2D eigenvalue weighted by Gasteiger charge is -2.08. The first-order valence-electron chi connectivity index (χ1n) is 8.40. The van der Waals surface area contributed by atoms with Crippen molar-refractivity contribution < 1.29 is 14.7 Å². The average Bonchev–Trinajstić information content (AvgIpc) is 2.66. The number of carbonyl (C=O) groups is 2. The summed E-state index contributed by atoms with van der Waals surface area (Å²) < 4.78 is 0. The van der Waals surface area contributed by atoms with Crippen molar-refractivity contribution in [3.05, 3.63) is 59.7 Å². The summed E-state index contributed by atoms with van der Waals surface area (Å²) in [5, 5.41) is 9.86. The van der Waals surface area contributed by atoms with Gasteiger partial charge in [0.25, 0.3) is 12.4 Å². The Labute approximate surface area is 159 Å². The smallest absolute Gasteiger partial charge is 0.290 e. The maximum Gasteiger partial charge on any atom is 0.290 e. The predicted molar refractivity (Wildman–Crippen MR) is 109 cm³/mol. The number of benzene rings is 2. The molecule has 0 atom stereocenters. The van der Waals surface area contributed by atoms with Gasteiger partial charge in [-0.05, 0) is 60.2 Å². The zero-order chi connectivity index (χ0) is 19.2. The van der Waals surface area contributed by atoms with E-state index in [0.29, 0.717) is 12.1 Å². The van der Waals surface area contributed by atoms with Crippen molar-refractivity contribution in [3.63, 3.8) is 0 Å². The summed E-state index contributed by atoms with van der Waals surface area (Å²) in [6.07, 6.45) is 3.93. The molecule has 140 valence electrons. The molecule has 0 aromatic heterocycles. The van der Waals surface area contributed by atoms with Crippen LogP contribution in [0.25, 0.3) is 11.1 Å². The highest BCUT2D eigenvalue weighted by atomic mass is 32.2. The molecule has 0 unspecified atom stereocenters. The third-order valence-electron chi connectivity index (χ3n) is 3.63. The Morgan fingerprint density at radius 3 is 2.50 bits per heavy atom. The minimum absolute atomic E-state index is 0.00827. The number of hydrogen-bond donors (Lipinski definition) is 3. The molecule has 26 heavy (non-hydrogen) atoms. The number of amides is 1. The van der Waals surface area contributed by atoms with E-state index in [1.165, 1.54) is 5.56 Å². The van der Waals surface area contributed by atoms with Crippen LogP contribution in [0.1, 0.15) is 22.3 Å². The van der Waals surface area contributed by atoms with Crippen molar-refractivity contribution in [2.45, 2.75) is 12.8 Å². The molecule has 0 spiro atoms. The standard InChI is InChI=1S/C19H24N2OS.CH2O2/c1-23-12-4-11-21-19(22)18-8-3-7-17(14-18)16-6-2-5-15(13-16)9-10-20;2-1-3/h2-3,5-8,13-14H,4,9-12,20H2,1H3,(H,21,22);1H,(H,2,3). The van der Waals surface area contributed by atoms with Crippen LogP contribution in [-0.2, 0) is 11.2 Å². The first kappa shape index (κ1) is 21.7. The Kier molecular flexibility index (Phi) is 10.8. The number of nitrogens with two attached hydrogens (primary N) is 1. The van der Waals surface area contributed by atoms with E-state index in [0.717, 1.165) is 36.3 Å². The van der Waals surface area contributed by atoms with E-state index in [1.54, 1.807) is 11.8 Å². The molecule has 6 heteroatoms. The quantitative estimate of drug-likeness (QED) is 0.488. The molecule has 1 amide bonds. The van der Waals surface area contributed by atoms with Gasteiger partial charge in [0.05, 0.1) is 0 Å². The fraction of sp³-hybridized carbons (Fsp3) is 0.300. The van der Waals surface area contributed by atoms with Crippen LogP contribution in [0.3, 0.4) is 0 Å². The molecule has 2 aromatic carbocycles. The summed E-state index contributed by atoms with van der Waals surface area (Å²) in [5.41, 5.74) is 9.73. The molecule has 0 aliphatic heterocycles. The van der Waals surface area contributed by atoms with Crippen LogP contribution in [-0.4, -0.2) is 42.6 Å². The second-order valence-electron chi connectivity index (χ2n) is 5.53. The molecule has 0 saturated carbocycles. The lowest BCUT2D eigenvalue weighted by atomic mass is 10.00. The van der Waals surface area contributed by atoms with Gasteiger partial charge in [-0.3, -0.25) is 9.59 Å². The van der Waals surface area contributed by atoms with Crippen LogP contribution in [0.5, 0.6) is 0 Å². The van der Waals surface area contributed by atoms with E-state index in [1.807, 2.05) is 30.3 Å². The van der Waals surface area contributed by atoms with Gasteiger partial charge < -0.3 is 16.2 Å². The van der Waals surface area contributed by atoms with Gasteiger partial charge >= 0.3 is 0 Å². The summed E-state index contributed by atoms with van der Waals surface area (Å²) in [6, 6.07) is 16.1. The van der Waals surface area contributed by atoms with Gasteiger partial charge in [-0.2, -0.15) is 11.8 Å². The molecule has 0 bridgehead atoms. The van der Waals surface area contributed by atoms with Gasteiger partial charge in [0.2, 0.25) is 0 Å². The molecule has 0 aliphatic rings. The van der Waals surface area contributed by atoms with Crippen LogP contribution in [0, 0.1) is 0 Å². The van der Waals surface area contributed by atoms with Gasteiger partial charge in [0, 0.05) is 12.1 Å². The normalized spacial score (nSPS) is 9.77. The van der Waals surface area contributed by atoms with E-state index in [4.69, 9.17) is 15.6 Å². The molecule has 0 saturated heterocycles. The van der Waals surface area contributed by atoms with Crippen molar-refractivity contribution in [3.8, 4) is 11.1 Å².